The lowest BCUT2D eigenvalue weighted by Crippen LogP contribution is -2.35. The highest BCUT2D eigenvalue weighted by Crippen LogP contribution is 2.71. The minimum Gasteiger partial charge on any atom is -0.346 e. The molecule has 2 aromatic carbocycles. The Balaban J connectivity index is 1.47. The van der Waals surface area contributed by atoms with Gasteiger partial charge in [0.25, 0.3) is 5.92 Å². The number of benzene rings is 2. The molecule has 1 amide bonds. The van der Waals surface area contributed by atoms with Gasteiger partial charge in [-0.1, -0.05) is 30.5 Å². The highest BCUT2D eigenvalue weighted by Gasteiger charge is 2.72. The van der Waals surface area contributed by atoms with Crippen molar-refractivity contribution in [2.24, 2.45) is 11.8 Å². The van der Waals surface area contributed by atoms with Gasteiger partial charge in [0.15, 0.2) is 21.3 Å². The van der Waals surface area contributed by atoms with Crippen molar-refractivity contribution < 1.29 is 65.5 Å². The lowest BCUT2D eigenvalue weighted by atomic mass is 9.93. The van der Waals surface area contributed by atoms with Crippen LogP contribution >= 0.6 is 11.6 Å². The van der Waals surface area contributed by atoms with E-state index >= 15 is 8.78 Å². The molecule has 0 spiro atoms. The Kier molecular flexibility index (Phi) is 12.3. The first-order valence-electron chi connectivity index (χ1n) is 20.0. The van der Waals surface area contributed by atoms with Gasteiger partial charge in [-0.25, -0.2) is 30.6 Å². The maximum atomic E-state index is 15.8. The molecule has 0 unspecified atom stereocenters. The van der Waals surface area contributed by atoms with E-state index in [1.165, 1.54) is 52.0 Å². The number of halogens is 11. The number of pyridine rings is 1. The number of carbonyl (C=O) groups excluding carboxylic acids is 1. The lowest BCUT2D eigenvalue weighted by molar-refractivity contribution is -0.143. The van der Waals surface area contributed by atoms with Crippen LogP contribution in [0.3, 0.4) is 0 Å². The Morgan fingerprint density at radius 1 is 0.955 bits per heavy atom. The number of alkyl halides is 8. The zero-order valence-corrected chi connectivity index (χ0v) is 38.3. The van der Waals surface area contributed by atoms with Gasteiger partial charge in [-0.15, -0.1) is 0 Å². The number of nitrogens with zero attached hydrogens (tertiary/aromatic N) is 6. The van der Waals surface area contributed by atoms with Crippen molar-refractivity contribution in [1.82, 2.24) is 29.9 Å². The minimum atomic E-state index is -5.20. The van der Waals surface area contributed by atoms with Gasteiger partial charge in [-0.3, -0.25) is 18.5 Å². The van der Waals surface area contributed by atoms with Crippen LogP contribution in [0.1, 0.15) is 73.6 Å². The smallest absolute Gasteiger partial charge is 0.346 e. The third-order valence-corrected chi connectivity index (χ3v) is 15.2. The quantitative estimate of drug-likeness (QED) is 0.0970. The Bertz CT molecular complexity index is 3120. The van der Waals surface area contributed by atoms with Crippen molar-refractivity contribution in [3.63, 3.8) is 0 Å². The molecule has 25 heteroatoms. The van der Waals surface area contributed by atoms with Crippen molar-refractivity contribution in [1.29, 1.82) is 0 Å². The molecule has 2 aliphatic carbocycles. The number of aromatic nitrogens is 5. The molecule has 1 saturated carbocycles. The molecule has 1 fully saturated rings. The molecule has 12 nitrogen and oxygen atoms in total. The fourth-order valence-electron chi connectivity index (χ4n) is 8.47. The number of amides is 1. The van der Waals surface area contributed by atoms with E-state index in [0.717, 1.165) is 24.6 Å². The number of rotatable bonds is 12. The van der Waals surface area contributed by atoms with Crippen LogP contribution in [0.25, 0.3) is 22.0 Å². The Morgan fingerprint density at radius 2 is 1.58 bits per heavy atom. The molecule has 67 heavy (non-hydrogen) atoms. The third kappa shape index (κ3) is 9.42. The van der Waals surface area contributed by atoms with Crippen LogP contribution in [0.5, 0.6) is 0 Å². The fourth-order valence-corrected chi connectivity index (χ4v) is 9.85. The Labute approximate surface area is 381 Å². The summed E-state index contributed by atoms with van der Waals surface area (Å²) in [5.41, 5.74) is -5.10. The van der Waals surface area contributed by atoms with Gasteiger partial charge in [0, 0.05) is 47.4 Å². The van der Waals surface area contributed by atoms with Crippen LogP contribution in [0.15, 0.2) is 42.5 Å². The highest BCUT2D eigenvalue weighted by molar-refractivity contribution is 7.92. The number of sulfone groups is 1. The normalized spacial score (nSPS) is 18.6. The predicted octanol–water partition coefficient (Wildman–Crippen LogP) is 8.32. The summed E-state index contributed by atoms with van der Waals surface area (Å²) in [5.74, 6) is -6.18. The van der Waals surface area contributed by atoms with E-state index in [-0.39, 0.29) is 49.7 Å². The van der Waals surface area contributed by atoms with E-state index in [0.29, 0.717) is 15.1 Å². The molecule has 360 valence electrons. The average molecular weight is 1010 g/mol. The SMILES string of the molecule is CCN(c1nn(CC(F)(F)F)c2c(-c3ccc(C#CC(C)(C)S(C)(=O)=O)nc3[C@H](Cc3cc(F)cc(F)c3)NC(=O)Cn3nc(C(F)(F)F)c4c3C(F)(F)[C@@H]3[C@H](C)[C@H]43)ccc(Cl)c12)S(C)(=O)=O. The second kappa shape index (κ2) is 16.7. The molecule has 7 rings (SSSR count). The van der Waals surface area contributed by atoms with Crippen LogP contribution in [-0.2, 0) is 56.3 Å². The van der Waals surface area contributed by atoms with E-state index in [2.05, 4.69) is 32.3 Å². The summed E-state index contributed by atoms with van der Waals surface area (Å²) in [6.45, 7) is 1.89. The molecule has 5 aromatic rings. The molecule has 4 atom stereocenters. The molecule has 0 bridgehead atoms. The predicted molar refractivity (Wildman–Crippen MR) is 225 cm³/mol. The van der Waals surface area contributed by atoms with Crippen LogP contribution < -0.4 is 9.62 Å². The largest absolute Gasteiger partial charge is 0.435 e. The molecular weight excluding hydrogens is 972 g/mol. The third-order valence-electron chi connectivity index (χ3n) is 11.7. The number of nitrogens with one attached hydrogen (secondary N) is 1. The summed E-state index contributed by atoms with van der Waals surface area (Å²) < 4.78 is 197. The van der Waals surface area contributed by atoms with Gasteiger partial charge in [0.1, 0.15) is 40.9 Å². The van der Waals surface area contributed by atoms with Gasteiger partial charge in [-0.05, 0) is 74.9 Å². The first-order chi connectivity index (χ1) is 30.7. The van der Waals surface area contributed by atoms with Gasteiger partial charge in [0.05, 0.1) is 33.9 Å². The molecule has 0 saturated heterocycles. The topological polar surface area (TPSA) is 149 Å². The van der Waals surface area contributed by atoms with E-state index < -0.39 is 132 Å². The van der Waals surface area contributed by atoms with E-state index in [9.17, 15) is 56.8 Å². The van der Waals surface area contributed by atoms with E-state index in [1.54, 1.807) is 0 Å². The summed E-state index contributed by atoms with van der Waals surface area (Å²) in [6.07, 6.45) is -9.14. The van der Waals surface area contributed by atoms with Crippen molar-refractivity contribution in [2.45, 2.75) is 82.2 Å². The number of anilines is 1. The monoisotopic (exact) mass is 1010 g/mol. The van der Waals surface area contributed by atoms with Gasteiger partial charge >= 0.3 is 12.4 Å². The number of carbonyl (C=O) groups is 1. The molecule has 3 aromatic heterocycles. The van der Waals surface area contributed by atoms with Gasteiger partial charge < -0.3 is 5.32 Å². The van der Waals surface area contributed by atoms with Crippen molar-refractivity contribution in [2.75, 3.05) is 23.4 Å². The first kappa shape index (κ1) is 49.5. The van der Waals surface area contributed by atoms with E-state index in [4.69, 9.17) is 11.6 Å². The second-order valence-electron chi connectivity index (χ2n) is 16.9. The minimum absolute atomic E-state index is 0.186. The molecule has 2 aliphatic rings. The highest BCUT2D eigenvalue weighted by atomic mass is 35.5. The number of hydrogen-bond donors (Lipinski definition) is 1. The van der Waals surface area contributed by atoms with Gasteiger partial charge in [-0.2, -0.15) is 45.3 Å². The fraction of sp³-hybridized carbons (Fsp3) is 0.429. The standard InChI is InChI=1S/C42H38ClF10N7O5S2/c1-7-60(67(6,64)65)38-31-27(43)11-10-26(35(31)59(57-38)19-40(46,47)48)25-9-8-24(12-13-39(3,4)66(5,62)63)54-34(25)28(16-21-14-22(44)17-23(45)15-21)55-29(61)18-58-37-32(36(56-58)42(51,52)53)30-20(2)33(30)41(37,49)50/h8-11,14-15,17,20,28,30,33H,7,16,18-19H2,1-6H3,(H,55,61)/t20-,28+,30-,33-/m1/s1. The lowest BCUT2D eigenvalue weighted by Gasteiger charge is -2.23. The Morgan fingerprint density at radius 3 is 2.15 bits per heavy atom. The molecule has 0 aliphatic heterocycles. The van der Waals surface area contributed by atoms with E-state index in [1.807, 2.05) is 0 Å². The number of fused-ring (bicyclic) bond motifs is 4. The maximum absolute atomic E-state index is 15.8. The molecule has 0 radical (unpaired) electrons. The van der Waals surface area contributed by atoms with Crippen molar-refractivity contribution in [3.05, 3.63) is 93.0 Å². The second-order valence-corrected chi connectivity index (χ2v) is 21.8. The summed E-state index contributed by atoms with van der Waals surface area (Å²) in [7, 11) is -8.08. The molecule has 1 N–H and O–H groups in total. The van der Waals surface area contributed by atoms with Crippen molar-refractivity contribution in [3.8, 4) is 23.0 Å². The van der Waals surface area contributed by atoms with Crippen LogP contribution in [0.2, 0.25) is 5.02 Å². The molecule has 3 heterocycles. The summed E-state index contributed by atoms with van der Waals surface area (Å²) in [5, 5.41) is 9.36. The summed E-state index contributed by atoms with van der Waals surface area (Å²) in [4.78, 5) is 18.7. The zero-order chi connectivity index (χ0) is 49.7. The summed E-state index contributed by atoms with van der Waals surface area (Å²) in [6, 6.07) is 5.35. The maximum Gasteiger partial charge on any atom is 0.435 e. The summed E-state index contributed by atoms with van der Waals surface area (Å²) >= 11 is 6.60. The van der Waals surface area contributed by atoms with Crippen molar-refractivity contribution >= 4 is 54.1 Å². The van der Waals surface area contributed by atoms with Crippen LogP contribution in [0.4, 0.5) is 49.7 Å². The van der Waals surface area contributed by atoms with Crippen LogP contribution in [-0.4, -0.2) is 77.3 Å². The number of sulfonamides is 1. The first-order valence-corrected chi connectivity index (χ1v) is 24.1. The zero-order valence-electron chi connectivity index (χ0n) is 35.9. The number of hydrogen-bond acceptors (Lipinski definition) is 8. The Hall–Kier alpha value is -5.41. The molecular formula is C42H38ClF10N7O5S2. The average Bonchev–Trinajstić information content (AvgIpc) is 3.39. The van der Waals surface area contributed by atoms with Crippen LogP contribution in [0, 0.1) is 35.3 Å². The van der Waals surface area contributed by atoms with Gasteiger partial charge in [0.2, 0.25) is 15.9 Å².